The third-order valence-corrected chi connectivity index (χ3v) is 4.23. The van der Waals surface area contributed by atoms with E-state index in [1.165, 1.54) is 0 Å². The Morgan fingerprint density at radius 2 is 2.12 bits per heavy atom. The van der Waals surface area contributed by atoms with Crippen LogP contribution in [0, 0.1) is 0 Å². The van der Waals surface area contributed by atoms with Crippen LogP contribution < -0.4 is 4.48 Å². The highest BCUT2D eigenvalue weighted by Crippen LogP contribution is 2.29. The Morgan fingerprint density at radius 1 is 1.36 bits per heavy atom. The molecule has 1 aromatic carbocycles. The van der Waals surface area contributed by atoms with Crippen molar-refractivity contribution in [2.75, 3.05) is 13.2 Å². The van der Waals surface area contributed by atoms with Crippen molar-refractivity contribution in [1.82, 2.24) is 4.48 Å². The zero-order valence-electron chi connectivity index (χ0n) is 14.4. The number of rotatable bonds is 5. The predicted octanol–water partition coefficient (Wildman–Crippen LogP) is 3.85. The van der Waals surface area contributed by atoms with Gasteiger partial charge in [-0.15, -0.1) is 0 Å². The molecule has 1 heterocycles. The Bertz CT molecular complexity index is 683. The molecule has 0 spiro atoms. The van der Waals surface area contributed by atoms with Crippen molar-refractivity contribution in [3.8, 4) is 0 Å². The first-order valence-electron chi connectivity index (χ1n) is 8.49. The maximum atomic E-state index is 13.4. The molecule has 1 aromatic rings. The summed E-state index contributed by atoms with van der Waals surface area (Å²) in [6.45, 7) is 1.81. The zero-order valence-corrected chi connectivity index (χ0v) is 14.4. The second kappa shape index (κ2) is 9.01. The number of carbonyl (C=O) groups excluding carboxylic acids is 2. The molecule has 1 aliphatic heterocycles. The lowest BCUT2D eigenvalue weighted by Crippen LogP contribution is -2.56. The Morgan fingerprint density at radius 3 is 2.80 bits per heavy atom. The van der Waals surface area contributed by atoms with Crippen molar-refractivity contribution < 1.29 is 14.3 Å². The summed E-state index contributed by atoms with van der Waals surface area (Å²) in [4.78, 5) is 28.4. The van der Waals surface area contributed by atoms with Crippen LogP contribution in [0.25, 0.3) is 10.4 Å². The number of nitrogens with zero attached hydrogens (tertiary/aromatic N) is 4. The molecule has 1 aliphatic rings. The van der Waals surface area contributed by atoms with Crippen molar-refractivity contribution >= 4 is 17.6 Å². The molecule has 0 saturated carbocycles. The van der Waals surface area contributed by atoms with Gasteiger partial charge in [0.15, 0.2) is 12.6 Å². The van der Waals surface area contributed by atoms with E-state index in [4.69, 9.17) is 10.3 Å². The topological polar surface area (TPSA) is 92.1 Å². The monoisotopic (exact) mass is 343 g/mol. The van der Waals surface area contributed by atoms with Crippen LogP contribution in [0.2, 0.25) is 0 Å². The van der Waals surface area contributed by atoms with E-state index in [1.54, 1.807) is 25.3 Å². The second-order valence-electron chi connectivity index (χ2n) is 5.90. The minimum absolute atomic E-state index is 0.162. The molecule has 2 atom stereocenters. The molecule has 7 heteroatoms. The molecule has 25 heavy (non-hydrogen) atoms. The molecular formula is C18H23N4O3+. The quantitative estimate of drug-likeness (QED) is 0.267. The molecule has 0 bridgehead atoms. The van der Waals surface area contributed by atoms with Crippen molar-refractivity contribution in [2.24, 2.45) is 5.11 Å². The first-order valence-corrected chi connectivity index (χ1v) is 8.49. The average Bonchev–Trinajstić information content (AvgIpc) is 2.69. The van der Waals surface area contributed by atoms with E-state index >= 15 is 0 Å². The molecule has 0 aromatic heterocycles. The molecule has 0 fully saturated rings. The van der Waals surface area contributed by atoms with Crippen molar-refractivity contribution in [3.63, 3.8) is 0 Å². The number of amides is 1. The number of quaternary nitrogens is 1. The highest BCUT2D eigenvalue weighted by molar-refractivity contribution is 5.97. The summed E-state index contributed by atoms with van der Waals surface area (Å²) in [6, 6.07) is 8.26. The Kier molecular flexibility index (Phi) is 6.74. The highest BCUT2D eigenvalue weighted by atomic mass is 16.5. The predicted molar refractivity (Wildman–Crippen MR) is 95.3 cm³/mol. The molecule has 0 N–H and O–H groups in total. The summed E-state index contributed by atoms with van der Waals surface area (Å²) in [7, 11) is 0. The number of ether oxygens (including phenoxy) is 1. The van der Waals surface area contributed by atoms with E-state index in [0.717, 1.165) is 19.3 Å². The molecule has 1 amide bonds. The Labute approximate surface area is 147 Å². The minimum Gasteiger partial charge on any atom is -0.462 e. The largest absolute Gasteiger partial charge is 0.462 e. The van der Waals surface area contributed by atoms with Crippen LogP contribution in [-0.4, -0.2) is 31.1 Å². The third-order valence-electron chi connectivity index (χ3n) is 4.23. The molecule has 0 radical (unpaired) electrons. The fourth-order valence-corrected chi connectivity index (χ4v) is 3.03. The number of azide groups is 1. The smallest absolute Gasteiger partial charge is 0.363 e. The van der Waals surface area contributed by atoms with E-state index in [0.29, 0.717) is 12.1 Å². The summed E-state index contributed by atoms with van der Waals surface area (Å²) in [5.74, 6) is -0.779. The van der Waals surface area contributed by atoms with Crippen LogP contribution in [0.5, 0.6) is 0 Å². The number of hydrogen-bond acceptors (Lipinski definition) is 4. The van der Waals surface area contributed by atoms with Crippen molar-refractivity contribution in [2.45, 2.75) is 38.6 Å². The lowest BCUT2D eigenvalue weighted by atomic mass is 10.1. The lowest BCUT2D eigenvalue weighted by molar-refractivity contribution is -0.147. The normalized spacial score (nSPS) is 23.7. The lowest BCUT2D eigenvalue weighted by Gasteiger charge is -2.32. The van der Waals surface area contributed by atoms with Crippen LogP contribution in [0.3, 0.4) is 0 Å². The zero-order chi connectivity index (χ0) is 18.1. The number of esters is 1. The molecule has 0 aliphatic carbocycles. The van der Waals surface area contributed by atoms with Crippen LogP contribution in [-0.2, 0) is 14.3 Å². The van der Waals surface area contributed by atoms with Gasteiger partial charge >= 0.3 is 11.9 Å². The molecule has 132 valence electrons. The van der Waals surface area contributed by atoms with Gasteiger partial charge in [0.1, 0.15) is 11.9 Å². The number of benzene rings is 1. The summed E-state index contributed by atoms with van der Waals surface area (Å²) in [5.41, 5.74) is 9.52. The van der Waals surface area contributed by atoms with E-state index in [-0.39, 0.29) is 23.5 Å². The SMILES string of the molecule is CCOC(=O)C[N+]1(c2ccccc2)C=CCCCCC(N=[N+]=[N-])C1=O. The third kappa shape index (κ3) is 4.47. The molecule has 2 rings (SSSR count). The minimum atomic E-state index is -0.817. The van der Waals surface area contributed by atoms with E-state index in [2.05, 4.69) is 10.0 Å². The van der Waals surface area contributed by atoms with Gasteiger partial charge in [0, 0.05) is 17.0 Å². The second-order valence-corrected chi connectivity index (χ2v) is 5.90. The molecular weight excluding hydrogens is 320 g/mol. The summed E-state index contributed by atoms with van der Waals surface area (Å²) >= 11 is 0. The van der Waals surface area contributed by atoms with Gasteiger partial charge in [-0.2, -0.15) is 4.48 Å². The summed E-state index contributed by atoms with van der Waals surface area (Å²) in [6.07, 6.45) is 6.61. The maximum Gasteiger partial charge on any atom is 0.363 e. The summed E-state index contributed by atoms with van der Waals surface area (Å²) < 4.78 is 4.76. The van der Waals surface area contributed by atoms with Gasteiger partial charge < -0.3 is 4.74 Å². The van der Waals surface area contributed by atoms with Crippen molar-refractivity contribution in [3.05, 3.63) is 53.1 Å². The average molecular weight is 343 g/mol. The van der Waals surface area contributed by atoms with Crippen LogP contribution in [0.1, 0.15) is 32.6 Å². The Balaban J connectivity index is 2.57. The van der Waals surface area contributed by atoms with Gasteiger partial charge in [-0.25, -0.2) is 9.59 Å². The van der Waals surface area contributed by atoms with E-state index in [1.807, 2.05) is 24.3 Å². The number of carbonyl (C=O) groups is 2. The molecule has 7 nitrogen and oxygen atoms in total. The van der Waals surface area contributed by atoms with E-state index in [9.17, 15) is 9.59 Å². The molecule has 2 unspecified atom stereocenters. The van der Waals surface area contributed by atoms with Gasteiger partial charge in [0.2, 0.25) is 0 Å². The number of para-hydroxylation sites is 1. The van der Waals surface area contributed by atoms with E-state index < -0.39 is 12.0 Å². The van der Waals surface area contributed by atoms with Crippen LogP contribution >= 0.6 is 0 Å². The number of allylic oxidation sites excluding steroid dienone is 1. The fraction of sp³-hybridized carbons (Fsp3) is 0.444. The maximum absolute atomic E-state index is 13.4. The van der Waals surface area contributed by atoms with Crippen LogP contribution in [0.15, 0.2) is 47.7 Å². The standard InChI is InChI=1S/C18H23N4O3/c1-2-25-17(23)14-22(15-10-6-5-7-11-15)13-9-4-3-8-12-16(18(22)24)20-21-19/h5-7,9-11,13,16H,2-4,8,12,14H2,1H3/q+1. The van der Waals surface area contributed by atoms with Gasteiger partial charge in [-0.05, 0) is 37.8 Å². The van der Waals surface area contributed by atoms with Gasteiger partial charge in [0.25, 0.3) is 0 Å². The number of hydrogen-bond donors (Lipinski definition) is 0. The summed E-state index contributed by atoms with van der Waals surface area (Å²) in [5, 5.41) is 3.71. The van der Waals surface area contributed by atoms with Gasteiger partial charge in [-0.3, -0.25) is 0 Å². The fourth-order valence-electron chi connectivity index (χ4n) is 3.03. The Hall–Kier alpha value is -2.63. The van der Waals surface area contributed by atoms with Crippen molar-refractivity contribution in [1.29, 1.82) is 0 Å². The molecule has 0 saturated heterocycles. The van der Waals surface area contributed by atoms with Crippen LogP contribution in [0.4, 0.5) is 5.69 Å². The first-order chi connectivity index (χ1) is 12.1. The van der Waals surface area contributed by atoms with Gasteiger partial charge in [0.05, 0.1) is 6.61 Å². The van der Waals surface area contributed by atoms with Gasteiger partial charge in [-0.1, -0.05) is 29.7 Å². The highest BCUT2D eigenvalue weighted by Gasteiger charge is 2.44. The first kappa shape index (κ1) is 18.7.